The summed E-state index contributed by atoms with van der Waals surface area (Å²) in [7, 11) is 2.18. The van der Waals surface area contributed by atoms with Crippen molar-refractivity contribution in [3.05, 3.63) is 34.3 Å². The zero-order chi connectivity index (χ0) is 13.8. The molecule has 1 aliphatic carbocycles. The van der Waals surface area contributed by atoms with Crippen LogP contribution in [-0.4, -0.2) is 18.0 Å². The predicted molar refractivity (Wildman–Crippen MR) is 79.1 cm³/mol. The first-order chi connectivity index (χ1) is 9.11. The summed E-state index contributed by atoms with van der Waals surface area (Å²) in [5, 5.41) is 9.56. The third-order valence-electron chi connectivity index (χ3n) is 4.23. The van der Waals surface area contributed by atoms with Crippen LogP contribution in [0.4, 0.5) is 0 Å². The average Bonchev–Trinajstić information content (AvgIpc) is 2.41. The molecule has 0 heterocycles. The number of hydrogen-bond donors (Lipinski definition) is 0. The average molecular weight is 277 g/mol. The Morgan fingerprint density at radius 3 is 2.74 bits per heavy atom. The van der Waals surface area contributed by atoms with E-state index in [2.05, 4.69) is 24.9 Å². The fourth-order valence-corrected chi connectivity index (χ4v) is 3.32. The van der Waals surface area contributed by atoms with Gasteiger partial charge in [0.25, 0.3) is 0 Å². The fourth-order valence-electron chi connectivity index (χ4n) is 3.08. The molecule has 2 rings (SSSR count). The highest BCUT2D eigenvalue weighted by molar-refractivity contribution is 6.31. The summed E-state index contributed by atoms with van der Waals surface area (Å²) < 4.78 is 0. The Hall–Kier alpha value is -1.04. The van der Waals surface area contributed by atoms with Gasteiger partial charge in [0.15, 0.2) is 0 Å². The second-order valence-corrected chi connectivity index (χ2v) is 6.07. The summed E-state index contributed by atoms with van der Waals surface area (Å²) in [5.41, 5.74) is 1.74. The van der Waals surface area contributed by atoms with Gasteiger partial charge in [-0.05, 0) is 43.5 Å². The quantitative estimate of drug-likeness (QED) is 0.826. The maximum absolute atomic E-state index is 8.85. The molecule has 1 aliphatic rings. The minimum atomic E-state index is 0.627. The Morgan fingerprint density at radius 2 is 2.11 bits per heavy atom. The van der Waals surface area contributed by atoms with Gasteiger partial charge in [-0.2, -0.15) is 5.26 Å². The molecule has 102 valence electrons. The molecule has 3 heteroatoms. The lowest BCUT2D eigenvalue weighted by Crippen LogP contribution is -2.38. The molecule has 0 N–H and O–H groups in total. The van der Waals surface area contributed by atoms with Crippen molar-refractivity contribution < 1.29 is 0 Å². The van der Waals surface area contributed by atoms with Crippen LogP contribution in [-0.2, 0) is 6.54 Å². The summed E-state index contributed by atoms with van der Waals surface area (Å²) in [6, 6.07) is 8.36. The van der Waals surface area contributed by atoms with Crippen LogP contribution < -0.4 is 0 Å². The highest BCUT2D eigenvalue weighted by Gasteiger charge is 2.25. The lowest BCUT2D eigenvalue weighted by Gasteiger charge is -2.36. The van der Waals surface area contributed by atoms with Crippen LogP contribution in [0.15, 0.2) is 18.2 Å². The molecule has 0 spiro atoms. The third-order valence-corrected chi connectivity index (χ3v) is 4.59. The molecule has 0 aromatic heterocycles. The van der Waals surface area contributed by atoms with E-state index in [1.807, 2.05) is 12.1 Å². The first kappa shape index (κ1) is 14.4. The largest absolute Gasteiger partial charge is 0.299 e. The third kappa shape index (κ3) is 3.49. The van der Waals surface area contributed by atoms with Crippen molar-refractivity contribution >= 4 is 11.6 Å². The molecule has 0 amide bonds. The highest BCUT2D eigenvalue weighted by Crippen LogP contribution is 2.29. The van der Waals surface area contributed by atoms with Gasteiger partial charge in [-0.25, -0.2) is 0 Å². The van der Waals surface area contributed by atoms with Crippen LogP contribution in [0, 0.1) is 17.2 Å². The van der Waals surface area contributed by atoms with E-state index in [1.165, 1.54) is 25.7 Å². The standard InChI is InChI=1S/C16H21ClN2/c1-12-5-3-4-6-16(12)19(2)11-14-8-7-13(10-18)9-15(14)17/h7-9,12,16H,3-6,11H2,1-2H3. The number of benzene rings is 1. The molecule has 0 aliphatic heterocycles. The molecule has 2 nitrogen and oxygen atoms in total. The summed E-state index contributed by atoms with van der Waals surface area (Å²) in [5.74, 6) is 0.760. The fraction of sp³-hybridized carbons (Fsp3) is 0.562. The van der Waals surface area contributed by atoms with E-state index in [0.29, 0.717) is 16.6 Å². The van der Waals surface area contributed by atoms with Crippen LogP contribution in [0.5, 0.6) is 0 Å². The smallest absolute Gasteiger partial charge is 0.0992 e. The summed E-state index contributed by atoms with van der Waals surface area (Å²) >= 11 is 6.25. The van der Waals surface area contributed by atoms with E-state index < -0.39 is 0 Å². The van der Waals surface area contributed by atoms with Gasteiger partial charge < -0.3 is 0 Å². The molecule has 1 fully saturated rings. The van der Waals surface area contributed by atoms with E-state index in [1.54, 1.807) is 6.07 Å². The maximum Gasteiger partial charge on any atom is 0.0992 e. The van der Waals surface area contributed by atoms with Gasteiger partial charge in [0.1, 0.15) is 0 Å². The van der Waals surface area contributed by atoms with Gasteiger partial charge in [-0.3, -0.25) is 4.90 Å². The molecular formula is C16H21ClN2. The van der Waals surface area contributed by atoms with Crippen LogP contribution in [0.1, 0.15) is 43.7 Å². The Bertz CT molecular complexity index is 478. The zero-order valence-corrected chi connectivity index (χ0v) is 12.5. The lowest BCUT2D eigenvalue weighted by atomic mass is 9.85. The van der Waals surface area contributed by atoms with Crippen molar-refractivity contribution in [1.82, 2.24) is 4.90 Å². The Kier molecular flexibility index (Phi) is 4.85. The second kappa shape index (κ2) is 6.41. The number of hydrogen-bond acceptors (Lipinski definition) is 2. The van der Waals surface area contributed by atoms with Gasteiger partial charge in [-0.15, -0.1) is 0 Å². The molecule has 2 atom stereocenters. The molecule has 0 saturated heterocycles. The molecular weight excluding hydrogens is 256 g/mol. The van der Waals surface area contributed by atoms with Crippen LogP contribution in [0.3, 0.4) is 0 Å². The molecule has 1 aromatic carbocycles. The van der Waals surface area contributed by atoms with Gasteiger partial charge in [0, 0.05) is 17.6 Å². The van der Waals surface area contributed by atoms with E-state index in [4.69, 9.17) is 16.9 Å². The summed E-state index contributed by atoms with van der Waals surface area (Å²) in [6.07, 6.45) is 5.31. The Balaban J connectivity index is 2.06. The van der Waals surface area contributed by atoms with Crippen molar-refractivity contribution in [2.24, 2.45) is 5.92 Å². The molecule has 1 saturated carbocycles. The van der Waals surface area contributed by atoms with E-state index in [9.17, 15) is 0 Å². The zero-order valence-electron chi connectivity index (χ0n) is 11.7. The van der Waals surface area contributed by atoms with Gasteiger partial charge in [0.2, 0.25) is 0 Å². The SMILES string of the molecule is CC1CCCCC1N(C)Cc1ccc(C#N)cc1Cl. The van der Waals surface area contributed by atoms with Crippen LogP contribution >= 0.6 is 11.6 Å². The molecule has 2 unspecified atom stereocenters. The monoisotopic (exact) mass is 276 g/mol. The highest BCUT2D eigenvalue weighted by atomic mass is 35.5. The predicted octanol–water partition coefficient (Wildman–Crippen LogP) is 4.22. The van der Waals surface area contributed by atoms with E-state index in [-0.39, 0.29) is 0 Å². The van der Waals surface area contributed by atoms with Gasteiger partial charge >= 0.3 is 0 Å². The number of nitrogens with zero attached hydrogens (tertiary/aromatic N) is 2. The second-order valence-electron chi connectivity index (χ2n) is 5.66. The van der Waals surface area contributed by atoms with Crippen molar-refractivity contribution in [3.63, 3.8) is 0 Å². The number of halogens is 1. The first-order valence-electron chi connectivity index (χ1n) is 7.00. The van der Waals surface area contributed by atoms with Crippen molar-refractivity contribution in [2.75, 3.05) is 7.05 Å². The van der Waals surface area contributed by atoms with Crippen molar-refractivity contribution in [1.29, 1.82) is 5.26 Å². The topological polar surface area (TPSA) is 27.0 Å². The van der Waals surface area contributed by atoms with E-state index >= 15 is 0 Å². The number of rotatable bonds is 3. The molecule has 0 bridgehead atoms. The van der Waals surface area contributed by atoms with Gasteiger partial charge in [-0.1, -0.05) is 37.4 Å². The molecule has 0 radical (unpaired) electrons. The van der Waals surface area contributed by atoms with Crippen molar-refractivity contribution in [3.8, 4) is 6.07 Å². The summed E-state index contributed by atoms with van der Waals surface area (Å²) in [6.45, 7) is 3.21. The van der Waals surface area contributed by atoms with Gasteiger partial charge in [0.05, 0.1) is 11.6 Å². The minimum absolute atomic E-state index is 0.627. The summed E-state index contributed by atoms with van der Waals surface area (Å²) in [4.78, 5) is 2.41. The van der Waals surface area contributed by atoms with Crippen LogP contribution in [0.25, 0.3) is 0 Å². The molecule has 1 aromatic rings. The van der Waals surface area contributed by atoms with Crippen LogP contribution in [0.2, 0.25) is 5.02 Å². The first-order valence-corrected chi connectivity index (χ1v) is 7.38. The normalized spacial score (nSPS) is 23.3. The van der Waals surface area contributed by atoms with E-state index in [0.717, 1.165) is 18.0 Å². The molecule has 19 heavy (non-hydrogen) atoms. The van der Waals surface area contributed by atoms with Crippen molar-refractivity contribution in [2.45, 2.75) is 45.2 Å². The Morgan fingerprint density at radius 1 is 1.37 bits per heavy atom. The lowest BCUT2D eigenvalue weighted by molar-refractivity contribution is 0.133. The maximum atomic E-state index is 8.85. The number of nitriles is 1. The minimum Gasteiger partial charge on any atom is -0.299 e. The Labute approximate surface area is 121 Å².